The van der Waals surface area contributed by atoms with Crippen molar-refractivity contribution in [3.63, 3.8) is 0 Å². The van der Waals surface area contributed by atoms with Crippen LogP contribution in [0.4, 0.5) is 4.39 Å². The molecule has 1 aliphatic heterocycles. The predicted octanol–water partition coefficient (Wildman–Crippen LogP) is 2.69. The molecule has 6 heteroatoms. The number of nitrogens with zero attached hydrogens (tertiary/aromatic N) is 1. The molecule has 122 valence electrons. The fourth-order valence-electron chi connectivity index (χ4n) is 2.33. The van der Waals surface area contributed by atoms with Crippen molar-refractivity contribution in [2.75, 3.05) is 6.61 Å². The summed E-state index contributed by atoms with van der Waals surface area (Å²) in [7, 11) is 0. The molecule has 1 atom stereocenters. The number of halogens is 1. The van der Waals surface area contributed by atoms with Crippen molar-refractivity contribution in [3.05, 3.63) is 35.7 Å². The molecule has 1 N–H and O–H groups in total. The molecule has 1 aliphatic rings. The normalized spacial score (nSPS) is 17.3. The van der Waals surface area contributed by atoms with Gasteiger partial charge in [-0.05, 0) is 12.1 Å². The first kappa shape index (κ1) is 16.9. The Kier molecular flexibility index (Phi) is 5.26. The van der Waals surface area contributed by atoms with Crippen molar-refractivity contribution in [1.29, 1.82) is 0 Å². The van der Waals surface area contributed by atoms with Gasteiger partial charge < -0.3 is 4.74 Å². The Balaban J connectivity index is 2.35. The van der Waals surface area contributed by atoms with Crippen molar-refractivity contribution < 1.29 is 18.7 Å². The Morgan fingerprint density at radius 3 is 2.91 bits per heavy atom. The van der Waals surface area contributed by atoms with Gasteiger partial charge in [0, 0.05) is 24.3 Å². The maximum atomic E-state index is 14.8. The zero-order valence-corrected chi connectivity index (χ0v) is 13.2. The topological polar surface area (TPSA) is 67.8 Å². The van der Waals surface area contributed by atoms with E-state index >= 15 is 0 Å². The Bertz CT molecular complexity index is 683. The molecular formula is C17H19FN2O3. The Morgan fingerprint density at radius 2 is 2.30 bits per heavy atom. The zero-order valence-electron chi connectivity index (χ0n) is 13.2. The summed E-state index contributed by atoms with van der Waals surface area (Å²) >= 11 is 0. The molecule has 1 heterocycles. The first-order valence-corrected chi connectivity index (χ1v) is 7.44. The van der Waals surface area contributed by atoms with E-state index < -0.39 is 5.82 Å². The Morgan fingerprint density at radius 1 is 1.57 bits per heavy atom. The van der Waals surface area contributed by atoms with Gasteiger partial charge in [-0.25, -0.2) is 9.82 Å². The summed E-state index contributed by atoms with van der Waals surface area (Å²) < 4.78 is 20.1. The summed E-state index contributed by atoms with van der Waals surface area (Å²) in [6, 6.07) is 3.13. The number of hydrazone groups is 1. The molecule has 2 rings (SSSR count). The van der Waals surface area contributed by atoms with Crippen LogP contribution in [0.2, 0.25) is 0 Å². The third-order valence-electron chi connectivity index (χ3n) is 3.66. The monoisotopic (exact) mass is 318 g/mol. The highest BCUT2D eigenvalue weighted by atomic mass is 19.1. The van der Waals surface area contributed by atoms with Gasteiger partial charge in [0.2, 0.25) is 5.91 Å². The number of amides is 1. The van der Waals surface area contributed by atoms with E-state index in [1.165, 1.54) is 6.08 Å². The van der Waals surface area contributed by atoms with Crippen molar-refractivity contribution in [2.24, 2.45) is 11.0 Å². The second kappa shape index (κ2) is 7.17. The number of Topliss-reactive ketones (excluding diaryl/α,β-unsaturated/α-hetero) is 1. The van der Waals surface area contributed by atoms with Crippen LogP contribution < -0.4 is 10.2 Å². The van der Waals surface area contributed by atoms with Gasteiger partial charge in [0.05, 0.1) is 11.3 Å². The summed E-state index contributed by atoms with van der Waals surface area (Å²) in [5.41, 5.74) is 3.31. The second-order valence-electron chi connectivity index (χ2n) is 5.36. The molecular weight excluding hydrogens is 299 g/mol. The lowest BCUT2D eigenvalue weighted by atomic mass is 9.92. The summed E-state index contributed by atoms with van der Waals surface area (Å²) in [6.45, 7) is 7.05. The largest absolute Gasteiger partial charge is 0.485 e. The predicted molar refractivity (Wildman–Crippen MR) is 85.7 cm³/mol. The van der Waals surface area contributed by atoms with Crippen molar-refractivity contribution in [1.82, 2.24) is 5.43 Å². The number of rotatable bonds is 6. The fourth-order valence-corrected chi connectivity index (χ4v) is 2.33. The molecule has 1 aromatic carbocycles. The van der Waals surface area contributed by atoms with E-state index in [4.69, 9.17) is 4.74 Å². The second-order valence-corrected chi connectivity index (χ2v) is 5.36. The number of ether oxygens (including phenoxy) is 1. The molecule has 0 bridgehead atoms. The quantitative estimate of drug-likeness (QED) is 0.877. The zero-order chi connectivity index (χ0) is 17.0. The number of benzene rings is 1. The summed E-state index contributed by atoms with van der Waals surface area (Å²) in [4.78, 5) is 22.7. The molecule has 5 nitrogen and oxygen atoms in total. The number of nitrogens with one attached hydrogen (secondary N) is 1. The van der Waals surface area contributed by atoms with Crippen LogP contribution >= 0.6 is 0 Å². The first-order chi connectivity index (χ1) is 11.0. The molecule has 23 heavy (non-hydrogen) atoms. The summed E-state index contributed by atoms with van der Waals surface area (Å²) in [5, 5.41) is 3.96. The van der Waals surface area contributed by atoms with Crippen LogP contribution in [0.15, 0.2) is 23.8 Å². The van der Waals surface area contributed by atoms with Gasteiger partial charge in [-0.15, -0.1) is 0 Å². The highest BCUT2D eigenvalue weighted by molar-refractivity contribution is 6.06. The van der Waals surface area contributed by atoms with Crippen molar-refractivity contribution in [2.45, 2.75) is 26.7 Å². The van der Waals surface area contributed by atoms with E-state index in [2.05, 4.69) is 17.1 Å². The van der Waals surface area contributed by atoms with Gasteiger partial charge in [-0.3, -0.25) is 9.59 Å². The average Bonchev–Trinajstić information content (AvgIpc) is 2.53. The summed E-state index contributed by atoms with van der Waals surface area (Å²) in [6.07, 6.45) is 1.96. The third kappa shape index (κ3) is 3.64. The lowest BCUT2D eigenvalue weighted by molar-refractivity contribution is -0.122. The van der Waals surface area contributed by atoms with E-state index in [0.29, 0.717) is 17.7 Å². The lowest BCUT2D eigenvalue weighted by Gasteiger charge is -2.20. The van der Waals surface area contributed by atoms with Crippen LogP contribution in [0.5, 0.6) is 5.75 Å². The first-order valence-electron chi connectivity index (χ1n) is 7.44. The Hall–Kier alpha value is -2.50. The van der Waals surface area contributed by atoms with Crippen molar-refractivity contribution >= 4 is 23.5 Å². The smallest absolute Gasteiger partial charge is 0.240 e. The maximum Gasteiger partial charge on any atom is 0.240 e. The van der Waals surface area contributed by atoms with Gasteiger partial charge in [0.25, 0.3) is 0 Å². The van der Waals surface area contributed by atoms with Crippen LogP contribution in [0, 0.1) is 11.7 Å². The maximum absolute atomic E-state index is 14.8. The van der Waals surface area contributed by atoms with Crippen LogP contribution in [0.1, 0.15) is 37.8 Å². The third-order valence-corrected chi connectivity index (χ3v) is 3.66. The van der Waals surface area contributed by atoms with E-state index in [0.717, 1.165) is 0 Å². The van der Waals surface area contributed by atoms with Crippen LogP contribution in [-0.2, 0) is 9.59 Å². The van der Waals surface area contributed by atoms with Crippen LogP contribution in [-0.4, -0.2) is 24.0 Å². The number of carbonyl (C=O) groups excluding carboxylic acids is 2. The molecule has 0 spiro atoms. The molecule has 1 unspecified atom stereocenters. The van der Waals surface area contributed by atoms with Gasteiger partial charge in [0.1, 0.15) is 18.2 Å². The SMILES string of the molecule is C=Cc1c(OCC(=O)CC)ccc(C2=NNC(=O)CC2C)c1F. The van der Waals surface area contributed by atoms with Gasteiger partial charge >= 0.3 is 0 Å². The Labute approximate surface area is 134 Å². The average molecular weight is 318 g/mol. The number of carbonyl (C=O) groups is 2. The minimum absolute atomic E-state index is 0.0718. The van der Waals surface area contributed by atoms with E-state index in [1.807, 2.05) is 6.92 Å². The minimum Gasteiger partial charge on any atom is -0.485 e. The lowest BCUT2D eigenvalue weighted by Crippen LogP contribution is -2.32. The molecule has 0 saturated carbocycles. The fraction of sp³-hybridized carbons (Fsp3) is 0.353. The van der Waals surface area contributed by atoms with E-state index in [1.54, 1.807) is 19.1 Å². The number of hydrogen-bond acceptors (Lipinski definition) is 4. The highest BCUT2D eigenvalue weighted by Crippen LogP contribution is 2.28. The van der Waals surface area contributed by atoms with E-state index in [9.17, 15) is 14.0 Å². The molecule has 1 amide bonds. The molecule has 0 aromatic heterocycles. The molecule has 0 fully saturated rings. The summed E-state index contributed by atoms with van der Waals surface area (Å²) in [5.74, 6) is -0.718. The minimum atomic E-state index is -0.525. The van der Waals surface area contributed by atoms with Gasteiger partial charge in [-0.1, -0.05) is 26.5 Å². The number of ketones is 1. The molecule has 1 aromatic rings. The standard InChI is InChI=1S/C17H19FN2O3/c1-4-11(21)9-23-14-7-6-13(16(18)12(14)5-2)17-10(3)8-15(22)19-20-17/h5-7,10H,2,4,8-9H2,1,3H3,(H,19,22). The van der Waals surface area contributed by atoms with E-state index in [-0.39, 0.29) is 41.9 Å². The molecule has 0 aliphatic carbocycles. The molecule has 0 radical (unpaired) electrons. The van der Waals surface area contributed by atoms with Crippen molar-refractivity contribution in [3.8, 4) is 5.75 Å². The van der Waals surface area contributed by atoms with Gasteiger partial charge in [0.15, 0.2) is 5.78 Å². The molecule has 0 saturated heterocycles. The highest BCUT2D eigenvalue weighted by Gasteiger charge is 2.25. The van der Waals surface area contributed by atoms with Gasteiger partial charge in [-0.2, -0.15) is 5.10 Å². The van der Waals surface area contributed by atoms with Crippen LogP contribution in [0.3, 0.4) is 0 Å². The van der Waals surface area contributed by atoms with Crippen LogP contribution in [0.25, 0.3) is 6.08 Å². The number of hydrogen-bond donors (Lipinski definition) is 1.